The van der Waals surface area contributed by atoms with Gasteiger partial charge in [0.1, 0.15) is 0 Å². The van der Waals surface area contributed by atoms with E-state index in [1.165, 1.54) is 0 Å². The van der Waals surface area contributed by atoms with E-state index in [4.69, 9.17) is 0 Å². The molecule has 0 bridgehead atoms. The number of aromatic nitrogens is 2. The lowest BCUT2D eigenvalue weighted by Crippen LogP contribution is -2.01. The smallest absolute Gasteiger partial charge is 0.172 e. The quantitative estimate of drug-likeness (QED) is 0.679. The van der Waals surface area contributed by atoms with E-state index in [2.05, 4.69) is 9.38 Å². The minimum absolute atomic E-state index is 0.635. The van der Waals surface area contributed by atoms with Gasteiger partial charge >= 0.3 is 0 Å². The molecule has 20 heavy (non-hydrogen) atoms. The van der Waals surface area contributed by atoms with E-state index < -0.39 is 10.8 Å². The summed E-state index contributed by atoms with van der Waals surface area (Å²) in [5, 5.41) is 0.950. The molecule has 0 aliphatic heterocycles. The van der Waals surface area contributed by atoms with Gasteiger partial charge in [0.15, 0.2) is 5.16 Å². The molecule has 3 aromatic rings. The van der Waals surface area contributed by atoms with Gasteiger partial charge in [0.25, 0.3) is 0 Å². The standard InChI is InChI=1S/C15H14N2OS2/c18-20(14-7-2-1-3-8-14)11-10-19-15-16-12-13-6-4-5-9-17(13)15/h1-9,12H,10-11H2. The molecule has 0 aliphatic rings. The van der Waals surface area contributed by atoms with Gasteiger partial charge < -0.3 is 0 Å². The predicted molar refractivity (Wildman–Crippen MR) is 83.6 cm³/mol. The second-order valence-corrected chi connectivity index (χ2v) is 6.88. The van der Waals surface area contributed by atoms with Crippen molar-refractivity contribution in [3.05, 3.63) is 60.9 Å². The van der Waals surface area contributed by atoms with Crippen molar-refractivity contribution in [2.45, 2.75) is 10.1 Å². The van der Waals surface area contributed by atoms with Crippen molar-refractivity contribution in [1.82, 2.24) is 9.38 Å². The number of nitrogens with zero attached hydrogens (tertiary/aromatic N) is 2. The molecule has 0 saturated carbocycles. The molecule has 5 heteroatoms. The number of fused-ring (bicyclic) bond motifs is 1. The van der Waals surface area contributed by atoms with E-state index >= 15 is 0 Å². The number of imidazole rings is 1. The van der Waals surface area contributed by atoms with Crippen LogP contribution >= 0.6 is 11.8 Å². The molecule has 1 atom stereocenters. The van der Waals surface area contributed by atoms with Gasteiger partial charge in [0.05, 0.1) is 22.5 Å². The van der Waals surface area contributed by atoms with Crippen LogP contribution in [0.1, 0.15) is 0 Å². The lowest BCUT2D eigenvalue weighted by Gasteiger charge is -2.02. The van der Waals surface area contributed by atoms with Crippen LogP contribution in [0.2, 0.25) is 0 Å². The molecular weight excluding hydrogens is 288 g/mol. The van der Waals surface area contributed by atoms with Crippen LogP contribution in [-0.4, -0.2) is 25.1 Å². The van der Waals surface area contributed by atoms with Crippen molar-refractivity contribution in [2.75, 3.05) is 11.5 Å². The maximum atomic E-state index is 12.1. The molecular formula is C15H14N2OS2. The zero-order chi connectivity index (χ0) is 13.8. The second-order valence-electron chi connectivity index (χ2n) is 4.25. The van der Waals surface area contributed by atoms with E-state index in [1.54, 1.807) is 11.8 Å². The Kier molecular flexibility index (Phi) is 4.18. The summed E-state index contributed by atoms with van der Waals surface area (Å²) in [5.41, 5.74) is 1.08. The van der Waals surface area contributed by atoms with Crippen molar-refractivity contribution in [3.8, 4) is 0 Å². The fourth-order valence-electron chi connectivity index (χ4n) is 1.92. The van der Waals surface area contributed by atoms with Crippen molar-refractivity contribution in [1.29, 1.82) is 0 Å². The van der Waals surface area contributed by atoms with Crippen LogP contribution in [0.4, 0.5) is 0 Å². The average Bonchev–Trinajstić information content (AvgIpc) is 2.92. The van der Waals surface area contributed by atoms with Crippen LogP contribution in [0, 0.1) is 0 Å². The Hall–Kier alpha value is -1.59. The lowest BCUT2D eigenvalue weighted by molar-refractivity contribution is 0.684. The first-order valence-electron chi connectivity index (χ1n) is 6.33. The van der Waals surface area contributed by atoms with Crippen LogP contribution in [0.25, 0.3) is 5.52 Å². The van der Waals surface area contributed by atoms with Crippen molar-refractivity contribution < 1.29 is 4.21 Å². The molecule has 0 N–H and O–H groups in total. The molecule has 3 rings (SSSR count). The number of thioether (sulfide) groups is 1. The van der Waals surface area contributed by atoms with Gasteiger partial charge in [0, 0.05) is 22.6 Å². The summed E-state index contributed by atoms with van der Waals surface area (Å²) in [6, 6.07) is 15.6. The molecule has 1 unspecified atom stereocenters. The SMILES string of the molecule is O=S(CCSc1ncc2ccccn12)c1ccccc1. The number of hydrogen-bond donors (Lipinski definition) is 0. The van der Waals surface area contributed by atoms with E-state index in [0.717, 1.165) is 21.3 Å². The van der Waals surface area contributed by atoms with E-state index in [9.17, 15) is 4.21 Å². The molecule has 3 nitrogen and oxygen atoms in total. The van der Waals surface area contributed by atoms with Gasteiger partial charge in [-0.05, 0) is 24.3 Å². The average molecular weight is 302 g/mol. The van der Waals surface area contributed by atoms with E-state index in [-0.39, 0.29) is 0 Å². The molecule has 2 heterocycles. The highest BCUT2D eigenvalue weighted by atomic mass is 32.2. The molecule has 1 aromatic carbocycles. The first-order chi connectivity index (χ1) is 9.84. The minimum atomic E-state index is -0.936. The molecule has 2 aromatic heterocycles. The minimum Gasteiger partial charge on any atom is -0.295 e. The molecule has 0 spiro atoms. The Labute approximate surface area is 124 Å². The largest absolute Gasteiger partial charge is 0.295 e. The molecule has 102 valence electrons. The summed E-state index contributed by atoms with van der Waals surface area (Å²) in [7, 11) is -0.936. The van der Waals surface area contributed by atoms with Crippen LogP contribution in [0.15, 0.2) is 71.0 Å². The second kappa shape index (κ2) is 6.24. The Balaban J connectivity index is 1.62. The first-order valence-corrected chi connectivity index (χ1v) is 8.63. The van der Waals surface area contributed by atoms with Gasteiger partial charge in [0.2, 0.25) is 0 Å². The maximum Gasteiger partial charge on any atom is 0.172 e. The van der Waals surface area contributed by atoms with E-state index in [1.807, 2.05) is 60.9 Å². The first kappa shape index (κ1) is 13.4. The van der Waals surface area contributed by atoms with Gasteiger partial charge in [-0.25, -0.2) is 4.98 Å². The van der Waals surface area contributed by atoms with Crippen molar-refractivity contribution >= 4 is 28.1 Å². The lowest BCUT2D eigenvalue weighted by atomic mass is 10.4. The molecule has 0 fully saturated rings. The van der Waals surface area contributed by atoms with Gasteiger partial charge in [-0.3, -0.25) is 8.61 Å². The van der Waals surface area contributed by atoms with Gasteiger partial charge in [-0.1, -0.05) is 36.0 Å². The van der Waals surface area contributed by atoms with Gasteiger partial charge in [-0.2, -0.15) is 0 Å². The summed E-state index contributed by atoms with van der Waals surface area (Å²) in [5.74, 6) is 1.42. The number of rotatable bonds is 5. The molecule has 0 amide bonds. The summed E-state index contributed by atoms with van der Waals surface area (Å²) in [4.78, 5) is 5.28. The van der Waals surface area contributed by atoms with Crippen molar-refractivity contribution in [2.24, 2.45) is 0 Å². The number of benzene rings is 1. The number of pyridine rings is 1. The molecule has 0 aliphatic carbocycles. The Bertz CT molecular complexity index is 725. The highest BCUT2D eigenvalue weighted by Crippen LogP contribution is 2.19. The van der Waals surface area contributed by atoms with Crippen LogP contribution in [-0.2, 0) is 10.8 Å². The predicted octanol–water partition coefficient (Wildman–Crippen LogP) is 3.23. The highest BCUT2D eigenvalue weighted by molar-refractivity contribution is 8.00. The van der Waals surface area contributed by atoms with Gasteiger partial charge in [-0.15, -0.1) is 0 Å². The molecule has 0 saturated heterocycles. The Morgan fingerprint density at radius 1 is 1.10 bits per heavy atom. The third-order valence-corrected chi connectivity index (χ3v) is 5.51. The third kappa shape index (κ3) is 2.94. The number of hydrogen-bond acceptors (Lipinski definition) is 3. The van der Waals surface area contributed by atoms with Crippen molar-refractivity contribution in [3.63, 3.8) is 0 Å². The monoisotopic (exact) mass is 302 g/mol. The highest BCUT2D eigenvalue weighted by Gasteiger charge is 2.06. The van der Waals surface area contributed by atoms with E-state index in [0.29, 0.717) is 5.75 Å². The zero-order valence-electron chi connectivity index (χ0n) is 10.8. The van der Waals surface area contributed by atoms with Crippen LogP contribution in [0.3, 0.4) is 0 Å². The third-order valence-electron chi connectivity index (χ3n) is 2.91. The van der Waals surface area contributed by atoms with Crippen LogP contribution < -0.4 is 0 Å². The topological polar surface area (TPSA) is 34.4 Å². The fourth-order valence-corrected chi connectivity index (χ4v) is 4.18. The Morgan fingerprint density at radius 2 is 1.90 bits per heavy atom. The summed E-state index contributed by atoms with van der Waals surface area (Å²) >= 11 is 1.64. The zero-order valence-corrected chi connectivity index (χ0v) is 12.4. The fraction of sp³-hybridized carbons (Fsp3) is 0.133. The Morgan fingerprint density at radius 3 is 2.75 bits per heavy atom. The normalized spacial score (nSPS) is 12.6. The summed E-state index contributed by atoms with van der Waals surface area (Å²) < 4.78 is 14.2. The summed E-state index contributed by atoms with van der Waals surface area (Å²) in [6.07, 6.45) is 3.86. The molecule has 0 radical (unpaired) electrons. The van der Waals surface area contributed by atoms with Crippen LogP contribution in [0.5, 0.6) is 0 Å². The summed E-state index contributed by atoms with van der Waals surface area (Å²) in [6.45, 7) is 0. The maximum absolute atomic E-state index is 12.1.